The highest BCUT2D eigenvalue weighted by Crippen LogP contribution is 2.47. The molecular formula is C47H40N2. The zero-order chi connectivity index (χ0) is 33.6. The Hall–Kier alpha value is -5.86. The van der Waals surface area contributed by atoms with Gasteiger partial charge in [0.2, 0.25) is 0 Å². The fourth-order valence-corrected chi connectivity index (χ4v) is 7.93. The molecule has 238 valence electrons. The maximum atomic E-state index is 4.24. The lowest BCUT2D eigenvalue weighted by Crippen LogP contribution is -2.02. The summed E-state index contributed by atoms with van der Waals surface area (Å²) in [4.78, 5) is 0. The van der Waals surface area contributed by atoms with E-state index in [9.17, 15) is 0 Å². The molecule has 0 N–H and O–H groups in total. The second kappa shape index (κ2) is 12.3. The fourth-order valence-electron chi connectivity index (χ4n) is 7.93. The Bertz CT molecular complexity index is 2560. The molecule has 0 amide bonds. The second-order valence-corrected chi connectivity index (χ2v) is 12.6. The summed E-state index contributed by atoms with van der Waals surface area (Å²) in [5.74, 6) is 0. The van der Waals surface area contributed by atoms with Gasteiger partial charge in [-0.25, -0.2) is 0 Å². The van der Waals surface area contributed by atoms with E-state index in [4.69, 9.17) is 0 Å². The van der Waals surface area contributed by atoms with E-state index >= 15 is 0 Å². The van der Waals surface area contributed by atoms with E-state index in [1.807, 2.05) is 19.9 Å². The van der Waals surface area contributed by atoms with Crippen molar-refractivity contribution in [2.75, 3.05) is 0 Å². The van der Waals surface area contributed by atoms with Gasteiger partial charge in [0.15, 0.2) is 0 Å². The molecule has 2 heteroatoms. The van der Waals surface area contributed by atoms with Crippen LogP contribution in [0.4, 0.5) is 0 Å². The first-order valence-electron chi connectivity index (χ1n) is 17.4. The van der Waals surface area contributed by atoms with Gasteiger partial charge in [-0.1, -0.05) is 118 Å². The highest BCUT2D eigenvalue weighted by molar-refractivity contribution is 6.12. The van der Waals surface area contributed by atoms with Crippen molar-refractivity contribution in [2.45, 2.75) is 34.1 Å². The van der Waals surface area contributed by atoms with Crippen LogP contribution in [0.5, 0.6) is 0 Å². The quantitative estimate of drug-likeness (QED) is 0.179. The summed E-state index contributed by atoms with van der Waals surface area (Å²) >= 11 is 0. The summed E-state index contributed by atoms with van der Waals surface area (Å²) in [6.45, 7) is 12.6. The van der Waals surface area contributed by atoms with E-state index in [-0.39, 0.29) is 0 Å². The molecule has 0 spiro atoms. The van der Waals surface area contributed by atoms with E-state index in [1.54, 1.807) is 0 Å². The lowest BCUT2D eigenvalue weighted by atomic mass is 9.94. The van der Waals surface area contributed by atoms with Crippen LogP contribution in [0.2, 0.25) is 0 Å². The average molecular weight is 633 g/mol. The summed E-state index contributed by atoms with van der Waals surface area (Å²) in [7, 11) is 0. The molecule has 0 atom stereocenters. The summed E-state index contributed by atoms with van der Waals surface area (Å²) in [5.41, 5.74) is 17.7. The van der Waals surface area contributed by atoms with Gasteiger partial charge in [-0.05, 0) is 101 Å². The Kier molecular flexibility index (Phi) is 7.65. The maximum Gasteiger partial charge on any atom is 0.0544 e. The van der Waals surface area contributed by atoms with Gasteiger partial charge in [-0.3, -0.25) is 0 Å². The number of rotatable bonds is 5. The molecule has 2 aliphatic rings. The SMILES string of the molecule is C=Cc1c(/C=C\C)n(-c2ccccc2)c2ccc(-c3ccc4c5ccccc5n(C5=CC=C6C(=C(C)c7ccccc76)C5)c4c3)cc12.CC. The molecule has 2 nitrogen and oxygen atoms in total. The molecule has 9 rings (SSSR count). The molecule has 5 aromatic carbocycles. The van der Waals surface area contributed by atoms with Crippen LogP contribution in [-0.2, 0) is 0 Å². The number of benzene rings is 5. The molecule has 0 saturated heterocycles. The molecule has 2 aliphatic carbocycles. The molecule has 2 aromatic heterocycles. The fraction of sp³-hybridized carbons (Fsp3) is 0.106. The molecule has 0 radical (unpaired) electrons. The van der Waals surface area contributed by atoms with Crippen molar-refractivity contribution in [1.82, 2.24) is 9.13 Å². The van der Waals surface area contributed by atoms with E-state index < -0.39 is 0 Å². The topological polar surface area (TPSA) is 9.86 Å². The van der Waals surface area contributed by atoms with Crippen LogP contribution in [0.3, 0.4) is 0 Å². The van der Waals surface area contributed by atoms with E-state index in [2.05, 4.69) is 169 Å². The Balaban J connectivity index is 0.00000171. The molecule has 49 heavy (non-hydrogen) atoms. The van der Waals surface area contributed by atoms with Crippen LogP contribution >= 0.6 is 0 Å². The van der Waals surface area contributed by atoms with Gasteiger partial charge < -0.3 is 9.13 Å². The van der Waals surface area contributed by atoms with Gasteiger partial charge in [0, 0.05) is 39.5 Å². The van der Waals surface area contributed by atoms with Crippen LogP contribution in [0.15, 0.2) is 146 Å². The number of allylic oxidation sites excluding steroid dienone is 7. The van der Waals surface area contributed by atoms with Crippen LogP contribution < -0.4 is 0 Å². The number of hydrogen-bond donors (Lipinski definition) is 0. The lowest BCUT2D eigenvalue weighted by molar-refractivity contribution is 1.10. The van der Waals surface area contributed by atoms with Crippen molar-refractivity contribution in [3.8, 4) is 16.8 Å². The van der Waals surface area contributed by atoms with E-state index in [1.165, 1.54) is 77.4 Å². The minimum absolute atomic E-state index is 0.903. The first kappa shape index (κ1) is 30.5. The molecule has 0 aliphatic heterocycles. The first-order valence-corrected chi connectivity index (χ1v) is 17.4. The summed E-state index contributed by atoms with van der Waals surface area (Å²) in [5, 5.41) is 3.76. The van der Waals surface area contributed by atoms with Crippen molar-refractivity contribution in [3.63, 3.8) is 0 Å². The highest BCUT2D eigenvalue weighted by Gasteiger charge is 2.27. The lowest BCUT2D eigenvalue weighted by Gasteiger charge is -2.19. The third-order valence-electron chi connectivity index (χ3n) is 10.1. The maximum absolute atomic E-state index is 4.24. The van der Waals surface area contributed by atoms with Crippen molar-refractivity contribution in [2.24, 2.45) is 0 Å². The van der Waals surface area contributed by atoms with Gasteiger partial charge in [0.05, 0.1) is 22.2 Å². The van der Waals surface area contributed by atoms with Crippen LogP contribution in [0.1, 0.15) is 56.5 Å². The summed E-state index contributed by atoms with van der Waals surface area (Å²) in [6.07, 6.45) is 11.9. The molecule has 7 aromatic rings. The molecule has 0 unspecified atom stereocenters. The number of nitrogens with zero attached hydrogens (tertiary/aromatic N) is 2. The van der Waals surface area contributed by atoms with Crippen molar-refractivity contribution in [1.29, 1.82) is 0 Å². The third kappa shape index (κ3) is 4.70. The van der Waals surface area contributed by atoms with Crippen LogP contribution in [-0.4, -0.2) is 9.13 Å². The van der Waals surface area contributed by atoms with Gasteiger partial charge in [-0.2, -0.15) is 0 Å². The number of hydrogen-bond acceptors (Lipinski definition) is 0. The van der Waals surface area contributed by atoms with Crippen LogP contribution in [0.25, 0.3) is 78.5 Å². The monoisotopic (exact) mass is 632 g/mol. The Morgan fingerprint density at radius 1 is 0.633 bits per heavy atom. The predicted molar refractivity (Wildman–Crippen MR) is 214 cm³/mol. The van der Waals surface area contributed by atoms with Gasteiger partial charge >= 0.3 is 0 Å². The Morgan fingerprint density at radius 3 is 2.10 bits per heavy atom. The van der Waals surface area contributed by atoms with E-state index in [0.29, 0.717) is 0 Å². The van der Waals surface area contributed by atoms with Gasteiger partial charge in [0.1, 0.15) is 0 Å². The number of para-hydroxylation sites is 2. The predicted octanol–water partition coefficient (Wildman–Crippen LogP) is 13.2. The largest absolute Gasteiger partial charge is 0.313 e. The first-order chi connectivity index (χ1) is 24.2. The molecule has 0 fully saturated rings. The van der Waals surface area contributed by atoms with Crippen LogP contribution in [0, 0.1) is 0 Å². The Labute approximate surface area is 289 Å². The smallest absolute Gasteiger partial charge is 0.0544 e. The molecule has 0 saturated carbocycles. The third-order valence-corrected chi connectivity index (χ3v) is 10.1. The summed E-state index contributed by atoms with van der Waals surface area (Å²) < 4.78 is 4.83. The standard InChI is InChI=1S/C45H34N2.C2H6/c1-4-13-42-34(5-2)41-26-30(21-25-44(41)46(42)32-14-7-6-8-15-32)31-20-23-39-38-18-11-12-19-43(38)47(45(39)27-31)33-22-24-37-36-17-10-9-16-35(36)29(3)40(37)28-33;1-2/h4-27H,2,28H2,1,3H3;1-2H3/b13-4-;. The van der Waals surface area contributed by atoms with Gasteiger partial charge in [0.25, 0.3) is 0 Å². The summed E-state index contributed by atoms with van der Waals surface area (Å²) in [6, 6.07) is 42.1. The number of fused-ring (bicyclic) bond motifs is 7. The molecule has 2 heterocycles. The highest BCUT2D eigenvalue weighted by atomic mass is 15.0. The normalized spacial score (nSPS) is 13.8. The van der Waals surface area contributed by atoms with E-state index in [0.717, 1.165) is 23.4 Å². The Morgan fingerprint density at radius 2 is 1.31 bits per heavy atom. The molecule has 0 bridgehead atoms. The average Bonchev–Trinajstić information content (AvgIpc) is 3.77. The van der Waals surface area contributed by atoms with Crippen molar-refractivity contribution in [3.05, 3.63) is 168 Å². The van der Waals surface area contributed by atoms with Crippen molar-refractivity contribution >= 4 is 61.7 Å². The van der Waals surface area contributed by atoms with Gasteiger partial charge in [-0.15, -0.1) is 0 Å². The minimum atomic E-state index is 0.903. The number of aromatic nitrogens is 2. The molecular weight excluding hydrogens is 593 g/mol. The minimum Gasteiger partial charge on any atom is -0.313 e. The second-order valence-electron chi connectivity index (χ2n) is 12.6. The zero-order valence-corrected chi connectivity index (χ0v) is 28.7. The van der Waals surface area contributed by atoms with Crippen molar-refractivity contribution < 1.29 is 0 Å². The zero-order valence-electron chi connectivity index (χ0n) is 28.7.